The van der Waals surface area contributed by atoms with Gasteiger partial charge in [-0.1, -0.05) is 146 Å². The summed E-state index contributed by atoms with van der Waals surface area (Å²) < 4.78 is 47.5. The molecule has 0 aliphatic carbocycles. The van der Waals surface area contributed by atoms with Crippen LogP contribution in [0.3, 0.4) is 0 Å². The molecule has 1 atom stereocenters. The van der Waals surface area contributed by atoms with Gasteiger partial charge >= 0.3 is 12.1 Å². The van der Waals surface area contributed by atoms with Crippen molar-refractivity contribution in [1.29, 1.82) is 0 Å². The molecular formula is C43H60F3NO3. The standard InChI is InChI=1S/C43H60F3NO3/c1-3-4-5-6-7-8-9-10-11-12-13-15-18-21-36-22-24-37(25-23-36)40-30-31-41(47-34-40)38-26-28-39(29-27-38)42(48)50-33-20-17-14-16-19-32-49-35(2)43(44,45)46/h22-31,34-35H,3-21,32-33H2,1-2H3. The molecule has 0 bridgehead atoms. The summed E-state index contributed by atoms with van der Waals surface area (Å²) in [6, 6.07) is 20.2. The lowest BCUT2D eigenvalue weighted by molar-refractivity contribution is -0.214. The number of carbonyl (C=O) groups excluding carboxylic acids is 1. The second-order valence-electron chi connectivity index (χ2n) is 13.7. The van der Waals surface area contributed by atoms with E-state index < -0.39 is 12.3 Å². The number of aromatic nitrogens is 1. The van der Waals surface area contributed by atoms with Crippen molar-refractivity contribution in [2.24, 2.45) is 0 Å². The zero-order valence-corrected chi connectivity index (χ0v) is 30.6. The van der Waals surface area contributed by atoms with E-state index in [9.17, 15) is 18.0 Å². The molecule has 0 spiro atoms. The summed E-state index contributed by atoms with van der Waals surface area (Å²) in [6.07, 6.45) is 18.6. The van der Waals surface area contributed by atoms with E-state index in [1.165, 1.54) is 89.0 Å². The Morgan fingerprint density at radius 2 is 1.12 bits per heavy atom. The summed E-state index contributed by atoms with van der Waals surface area (Å²) in [5.74, 6) is -0.369. The molecule has 1 heterocycles. The van der Waals surface area contributed by atoms with Gasteiger partial charge in [0.2, 0.25) is 0 Å². The molecule has 50 heavy (non-hydrogen) atoms. The average Bonchev–Trinajstić information content (AvgIpc) is 3.12. The number of pyridine rings is 1. The zero-order chi connectivity index (χ0) is 35.9. The van der Waals surface area contributed by atoms with Crippen LogP contribution in [-0.4, -0.2) is 36.4 Å². The minimum absolute atomic E-state index is 0.0960. The summed E-state index contributed by atoms with van der Waals surface area (Å²) in [4.78, 5) is 17.1. The minimum atomic E-state index is -4.31. The summed E-state index contributed by atoms with van der Waals surface area (Å²) in [5.41, 5.74) is 5.87. The van der Waals surface area contributed by atoms with Crippen LogP contribution in [0.25, 0.3) is 22.4 Å². The fourth-order valence-electron chi connectivity index (χ4n) is 6.06. The molecule has 3 rings (SSSR count). The smallest absolute Gasteiger partial charge is 0.414 e. The van der Waals surface area contributed by atoms with Crippen molar-refractivity contribution in [2.75, 3.05) is 13.2 Å². The number of halogens is 3. The molecule has 0 aliphatic rings. The zero-order valence-electron chi connectivity index (χ0n) is 30.6. The van der Waals surface area contributed by atoms with Gasteiger partial charge in [-0.15, -0.1) is 0 Å². The number of nitrogens with zero attached hydrogens (tertiary/aromatic N) is 1. The first-order chi connectivity index (χ1) is 24.3. The fraction of sp³-hybridized carbons (Fsp3) is 0.581. The third-order valence-electron chi connectivity index (χ3n) is 9.39. The Bertz CT molecular complexity index is 1310. The third-order valence-corrected chi connectivity index (χ3v) is 9.39. The quantitative estimate of drug-likeness (QED) is 0.0619. The number of unbranched alkanes of at least 4 members (excludes halogenated alkanes) is 16. The molecule has 276 valence electrons. The Labute approximate surface area is 299 Å². The van der Waals surface area contributed by atoms with Gasteiger partial charge in [-0.05, 0) is 61.9 Å². The van der Waals surface area contributed by atoms with Gasteiger partial charge in [0.1, 0.15) is 0 Å². The first-order valence-corrected chi connectivity index (χ1v) is 19.3. The molecule has 3 aromatic rings. The van der Waals surface area contributed by atoms with E-state index in [2.05, 4.69) is 42.2 Å². The Morgan fingerprint density at radius 1 is 0.620 bits per heavy atom. The molecule has 1 unspecified atom stereocenters. The van der Waals surface area contributed by atoms with E-state index in [0.717, 1.165) is 55.0 Å². The first kappa shape index (κ1) is 41.2. The summed E-state index contributed by atoms with van der Waals surface area (Å²) >= 11 is 0. The molecule has 0 N–H and O–H groups in total. The number of ether oxygens (including phenoxy) is 2. The van der Waals surface area contributed by atoms with Crippen molar-refractivity contribution >= 4 is 5.97 Å². The van der Waals surface area contributed by atoms with Crippen molar-refractivity contribution in [3.63, 3.8) is 0 Å². The topological polar surface area (TPSA) is 48.4 Å². The Hall–Kier alpha value is -3.19. The molecule has 0 saturated heterocycles. The van der Waals surface area contributed by atoms with Crippen LogP contribution < -0.4 is 0 Å². The predicted molar refractivity (Wildman–Crippen MR) is 199 cm³/mol. The van der Waals surface area contributed by atoms with Gasteiger partial charge in [-0.25, -0.2) is 4.79 Å². The Balaban J connectivity index is 1.27. The number of alkyl halides is 3. The molecular weight excluding hydrogens is 635 g/mol. The maximum Gasteiger partial charge on any atom is 0.414 e. The van der Waals surface area contributed by atoms with E-state index in [0.29, 0.717) is 25.0 Å². The van der Waals surface area contributed by atoms with E-state index in [4.69, 9.17) is 9.47 Å². The molecule has 0 amide bonds. The molecule has 1 aromatic heterocycles. The molecule has 0 radical (unpaired) electrons. The van der Waals surface area contributed by atoms with E-state index >= 15 is 0 Å². The molecule has 0 saturated carbocycles. The van der Waals surface area contributed by atoms with Gasteiger partial charge in [0.15, 0.2) is 6.10 Å². The first-order valence-electron chi connectivity index (χ1n) is 19.3. The van der Waals surface area contributed by atoms with Crippen LogP contribution in [0.2, 0.25) is 0 Å². The van der Waals surface area contributed by atoms with Crippen molar-refractivity contribution in [3.05, 3.63) is 78.0 Å². The number of rotatable bonds is 26. The summed E-state index contributed by atoms with van der Waals surface area (Å²) in [5, 5.41) is 0. The van der Waals surface area contributed by atoms with Crippen molar-refractivity contribution in [1.82, 2.24) is 4.98 Å². The largest absolute Gasteiger partial charge is 0.462 e. The van der Waals surface area contributed by atoms with Crippen molar-refractivity contribution < 1.29 is 27.4 Å². The van der Waals surface area contributed by atoms with Crippen molar-refractivity contribution in [3.8, 4) is 22.4 Å². The lowest BCUT2D eigenvalue weighted by atomic mass is 10.0. The Morgan fingerprint density at radius 3 is 1.66 bits per heavy atom. The minimum Gasteiger partial charge on any atom is -0.462 e. The number of carbonyl (C=O) groups is 1. The van der Waals surface area contributed by atoms with Gasteiger partial charge in [0.25, 0.3) is 0 Å². The van der Waals surface area contributed by atoms with Gasteiger partial charge in [-0.3, -0.25) is 4.98 Å². The molecule has 4 nitrogen and oxygen atoms in total. The highest BCUT2D eigenvalue weighted by atomic mass is 19.4. The number of hydrogen-bond donors (Lipinski definition) is 0. The number of esters is 1. The highest BCUT2D eigenvalue weighted by Crippen LogP contribution is 2.25. The van der Waals surface area contributed by atoms with Crippen LogP contribution in [-0.2, 0) is 15.9 Å². The molecule has 0 fully saturated rings. The molecule has 7 heteroatoms. The van der Waals surface area contributed by atoms with E-state index in [1.54, 1.807) is 12.1 Å². The van der Waals surface area contributed by atoms with Gasteiger partial charge in [0.05, 0.1) is 17.9 Å². The third kappa shape index (κ3) is 16.7. The molecule has 0 aliphatic heterocycles. The van der Waals surface area contributed by atoms with Crippen LogP contribution in [0.5, 0.6) is 0 Å². The lowest BCUT2D eigenvalue weighted by Gasteiger charge is -2.16. The summed E-state index contributed by atoms with van der Waals surface area (Å²) in [7, 11) is 0. The fourth-order valence-corrected chi connectivity index (χ4v) is 6.06. The normalized spacial score (nSPS) is 12.3. The van der Waals surface area contributed by atoms with E-state index in [-0.39, 0.29) is 12.6 Å². The van der Waals surface area contributed by atoms with E-state index in [1.807, 2.05) is 24.4 Å². The highest BCUT2D eigenvalue weighted by Gasteiger charge is 2.36. The monoisotopic (exact) mass is 695 g/mol. The average molecular weight is 696 g/mol. The van der Waals surface area contributed by atoms with Crippen LogP contribution in [0, 0.1) is 0 Å². The predicted octanol–water partition coefficient (Wildman–Crippen LogP) is 13.1. The second-order valence-corrected chi connectivity index (χ2v) is 13.7. The van der Waals surface area contributed by atoms with Crippen LogP contribution in [0.15, 0.2) is 66.9 Å². The second kappa shape index (κ2) is 24.1. The number of aryl methyl sites for hydroxylation is 1. The highest BCUT2D eigenvalue weighted by molar-refractivity contribution is 5.90. The Kier molecular flexibility index (Phi) is 19.9. The maximum absolute atomic E-state index is 12.5. The van der Waals surface area contributed by atoms with Gasteiger partial charge in [0, 0.05) is 23.9 Å². The summed E-state index contributed by atoms with van der Waals surface area (Å²) in [6.45, 7) is 3.71. The number of benzene rings is 2. The lowest BCUT2D eigenvalue weighted by Crippen LogP contribution is -2.28. The number of hydrogen-bond acceptors (Lipinski definition) is 4. The SMILES string of the molecule is CCCCCCCCCCCCCCCc1ccc(-c2ccc(-c3ccc(C(=O)OCCCCCCCOC(C)C(F)(F)F)cc3)nc2)cc1. The van der Waals surface area contributed by atoms with Crippen LogP contribution >= 0.6 is 0 Å². The van der Waals surface area contributed by atoms with Gasteiger partial charge in [-0.2, -0.15) is 13.2 Å². The van der Waals surface area contributed by atoms with Crippen LogP contribution in [0.1, 0.15) is 145 Å². The van der Waals surface area contributed by atoms with Crippen molar-refractivity contribution in [2.45, 2.75) is 148 Å². The van der Waals surface area contributed by atoms with Crippen LogP contribution in [0.4, 0.5) is 13.2 Å². The van der Waals surface area contributed by atoms with Gasteiger partial charge < -0.3 is 9.47 Å². The maximum atomic E-state index is 12.5. The molecule has 2 aromatic carbocycles.